The van der Waals surface area contributed by atoms with Gasteiger partial charge in [0.1, 0.15) is 5.75 Å². The number of thiocarbonyl (C=S) groups is 1. The van der Waals surface area contributed by atoms with E-state index in [0.717, 1.165) is 16.2 Å². The zero-order valence-corrected chi connectivity index (χ0v) is 19.1. The number of halogens is 1. The molecule has 0 unspecified atom stereocenters. The molecule has 0 radical (unpaired) electrons. The summed E-state index contributed by atoms with van der Waals surface area (Å²) in [5, 5.41) is 5.71. The van der Waals surface area contributed by atoms with Gasteiger partial charge in [-0.25, -0.2) is 8.42 Å². The highest BCUT2D eigenvalue weighted by atomic mass is 35.5. The molecule has 0 saturated carbocycles. The van der Waals surface area contributed by atoms with Gasteiger partial charge in [-0.1, -0.05) is 11.6 Å². The van der Waals surface area contributed by atoms with Crippen LogP contribution in [0.3, 0.4) is 0 Å². The van der Waals surface area contributed by atoms with Crippen LogP contribution in [0.15, 0.2) is 28.5 Å². The molecular formula is C17H20ClN3O5S3. The molecule has 12 heteroatoms. The lowest BCUT2D eigenvalue weighted by molar-refractivity contribution is 0.0951. The van der Waals surface area contributed by atoms with Gasteiger partial charge >= 0.3 is 0 Å². The number of methoxy groups -OCH3 is 2. The second-order valence-corrected chi connectivity index (χ2v) is 9.46. The number of rotatable bonds is 8. The monoisotopic (exact) mass is 477 g/mol. The first kappa shape index (κ1) is 23.2. The molecule has 0 aliphatic carbocycles. The fraction of sp³-hybridized carbons (Fsp3) is 0.294. The molecule has 158 valence electrons. The van der Waals surface area contributed by atoms with E-state index in [1.807, 2.05) is 0 Å². The standard InChI is InChI=1S/C17H20ClN3O5S3/c1-19-17(27)21-29(23,24)16-14(26-3)9-11(28-16)6-7-20-15(22)12-8-10(18)4-5-13(12)25-2/h4-5,8-9H,6-7H2,1-3H3,(H,20,22)(H2,19,21,27). The SMILES string of the molecule is CNC(=S)NS(=O)(=O)c1sc(CCNC(=O)c2cc(Cl)ccc2OC)cc1OC. The predicted octanol–water partition coefficient (Wildman–Crippen LogP) is 2.17. The summed E-state index contributed by atoms with van der Waals surface area (Å²) in [6.07, 6.45) is 0.404. The molecule has 8 nitrogen and oxygen atoms in total. The van der Waals surface area contributed by atoms with Crippen molar-refractivity contribution in [3.63, 3.8) is 0 Å². The molecule has 3 N–H and O–H groups in total. The molecule has 0 aliphatic heterocycles. The summed E-state index contributed by atoms with van der Waals surface area (Å²) in [7, 11) is 0.492. The van der Waals surface area contributed by atoms with Gasteiger partial charge in [-0.15, -0.1) is 11.3 Å². The van der Waals surface area contributed by atoms with E-state index in [-0.39, 0.29) is 27.5 Å². The molecule has 2 rings (SSSR count). The summed E-state index contributed by atoms with van der Waals surface area (Å²) in [4.78, 5) is 13.1. The van der Waals surface area contributed by atoms with E-state index in [0.29, 0.717) is 22.8 Å². The van der Waals surface area contributed by atoms with Gasteiger partial charge in [0.25, 0.3) is 15.9 Å². The Labute approximate surface area is 183 Å². The summed E-state index contributed by atoms with van der Waals surface area (Å²) in [6, 6.07) is 6.38. The van der Waals surface area contributed by atoms with Gasteiger partial charge in [-0.3, -0.25) is 9.52 Å². The molecule has 1 aromatic carbocycles. The number of hydrogen-bond donors (Lipinski definition) is 3. The van der Waals surface area contributed by atoms with Crippen LogP contribution >= 0.6 is 35.2 Å². The van der Waals surface area contributed by atoms with Crippen LogP contribution in [-0.4, -0.2) is 47.2 Å². The van der Waals surface area contributed by atoms with Crippen LogP contribution in [0.1, 0.15) is 15.2 Å². The zero-order chi connectivity index (χ0) is 21.6. The van der Waals surface area contributed by atoms with Crippen LogP contribution in [-0.2, 0) is 16.4 Å². The minimum atomic E-state index is -3.87. The Morgan fingerprint density at radius 1 is 1.21 bits per heavy atom. The van der Waals surface area contributed by atoms with Crippen LogP contribution in [0, 0.1) is 0 Å². The third kappa shape index (κ3) is 5.95. The molecule has 1 amide bonds. The lowest BCUT2D eigenvalue weighted by Crippen LogP contribution is -2.36. The van der Waals surface area contributed by atoms with E-state index < -0.39 is 10.0 Å². The van der Waals surface area contributed by atoms with Crippen LogP contribution in [0.4, 0.5) is 0 Å². The fourth-order valence-electron chi connectivity index (χ4n) is 2.33. The van der Waals surface area contributed by atoms with Crippen molar-refractivity contribution in [3.8, 4) is 11.5 Å². The Hall–Kier alpha value is -2.08. The van der Waals surface area contributed by atoms with E-state index in [1.165, 1.54) is 27.3 Å². The summed E-state index contributed by atoms with van der Waals surface area (Å²) in [5.41, 5.74) is 0.316. The van der Waals surface area contributed by atoms with Crippen LogP contribution < -0.4 is 24.8 Å². The molecule has 0 atom stereocenters. The van der Waals surface area contributed by atoms with E-state index in [2.05, 4.69) is 15.4 Å². The highest BCUT2D eigenvalue weighted by Gasteiger charge is 2.24. The summed E-state index contributed by atoms with van der Waals surface area (Å²) in [5.74, 6) is 0.269. The first-order chi connectivity index (χ1) is 13.7. The maximum Gasteiger partial charge on any atom is 0.276 e. The zero-order valence-electron chi connectivity index (χ0n) is 15.9. The Bertz CT molecular complexity index is 1010. The molecule has 29 heavy (non-hydrogen) atoms. The number of carbonyl (C=O) groups is 1. The maximum atomic E-state index is 12.5. The first-order valence-electron chi connectivity index (χ1n) is 8.24. The number of carbonyl (C=O) groups excluding carboxylic acids is 1. The summed E-state index contributed by atoms with van der Waals surface area (Å²) >= 11 is 11.8. The largest absolute Gasteiger partial charge is 0.496 e. The second-order valence-electron chi connectivity index (χ2n) is 5.60. The number of amides is 1. The molecule has 0 aliphatic rings. The molecule has 0 saturated heterocycles. The van der Waals surface area contributed by atoms with Crippen LogP contribution in [0.25, 0.3) is 0 Å². The fourth-order valence-corrected chi connectivity index (χ4v) is 5.41. The quantitative estimate of drug-likeness (QED) is 0.500. The Kier molecular flexibility index (Phi) is 8.08. The first-order valence-corrected chi connectivity index (χ1v) is 11.3. The van der Waals surface area contributed by atoms with Crippen molar-refractivity contribution >= 4 is 56.2 Å². The van der Waals surface area contributed by atoms with Crippen molar-refractivity contribution in [3.05, 3.63) is 39.7 Å². The van der Waals surface area contributed by atoms with Gasteiger partial charge < -0.3 is 20.1 Å². The molecule has 2 aromatic rings. The van der Waals surface area contributed by atoms with Crippen molar-refractivity contribution in [2.45, 2.75) is 10.6 Å². The van der Waals surface area contributed by atoms with Gasteiger partial charge in [0, 0.05) is 23.5 Å². The van der Waals surface area contributed by atoms with E-state index in [4.69, 9.17) is 33.3 Å². The average Bonchev–Trinajstić information content (AvgIpc) is 3.11. The number of benzene rings is 1. The normalized spacial score (nSPS) is 10.9. The number of hydrogen-bond acceptors (Lipinski definition) is 7. The van der Waals surface area contributed by atoms with E-state index >= 15 is 0 Å². The lowest BCUT2D eigenvalue weighted by atomic mass is 10.2. The molecule has 0 spiro atoms. The predicted molar refractivity (Wildman–Crippen MR) is 117 cm³/mol. The van der Waals surface area contributed by atoms with Crippen LogP contribution in [0.2, 0.25) is 5.02 Å². The highest BCUT2D eigenvalue weighted by molar-refractivity contribution is 7.93. The van der Waals surface area contributed by atoms with Crippen molar-refractivity contribution in [2.75, 3.05) is 27.8 Å². The minimum absolute atomic E-state index is 0.00966. The van der Waals surface area contributed by atoms with Crippen molar-refractivity contribution in [2.24, 2.45) is 0 Å². The van der Waals surface area contributed by atoms with Gasteiger partial charge in [-0.05, 0) is 42.9 Å². The number of sulfonamides is 1. The summed E-state index contributed by atoms with van der Waals surface area (Å²) in [6.45, 7) is 0.278. The smallest absolute Gasteiger partial charge is 0.276 e. The van der Waals surface area contributed by atoms with Crippen molar-refractivity contribution < 1.29 is 22.7 Å². The topological polar surface area (TPSA) is 106 Å². The van der Waals surface area contributed by atoms with Gasteiger partial charge in [-0.2, -0.15) is 0 Å². The van der Waals surface area contributed by atoms with Crippen LogP contribution in [0.5, 0.6) is 11.5 Å². The number of thiophene rings is 1. The summed E-state index contributed by atoms with van der Waals surface area (Å²) < 4.78 is 37.5. The van der Waals surface area contributed by atoms with E-state index in [1.54, 1.807) is 18.2 Å². The number of ether oxygens (including phenoxy) is 2. The molecule has 1 heterocycles. The molecule has 0 bridgehead atoms. The van der Waals surface area contributed by atoms with Gasteiger partial charge in [0.15, 0.2) is 15.1 Å². The second kappa shape index (κ2) is 10.1. The third-order valence-electron chi connectivity index (χ3n) is 3.70. The van der Waals surface area contributed by atoms with E-state index in [9.17, 15) is 13.2 Å². The molecule has 0 fully saturated rings. The van der Waals surface area contributed by atoms with Gasteiger partial charge in [0.05, 0.1) is 19.8 Å². The Morgan fingerprint density at radius 2 is 1.90 bits per heavy atom. The Morgan fingerprint density at radius 3 is 2.52 bits per heavy atom. The van der Waals surface area contributed by atoms with Gasteiger partial charge in [0.2, 0.25) is 0 Å². The highest BCUT2D eigenvalue weighted by Crippen LogP contribution is 2.33. The lowest BCUT2D eigenvalue weighted by Gasteiger charge is -2.09. The van der Waals surface area contributed by atoms with Crippen molar-refractivity contribution in [1.82, 2.24) is 15.4 Å². The van der Waals surface area contributed by atoms with Crippen molar-refractivity contribution in [1.29, 1.82) is 0 Å². The molecule has 1 aromatic heterocycles. The average molecular weight is 478 g/mol. The number of nitrogens with one attached hydrogen (secondary N) is 3. The third-order valence-corrected chi connectivity index (χ3v) is 7.41. The maximum absolute atomic E-state index is 12.5. The Balaban J connectivity index is 2.09. The minimum Gasteiger partial charge on any atom is -0.496 e. The molecular weight excluding hydrogens is 458 g/mol.